The van der Waals surface area contributed by atoms with Gasteiger partial charge in [-0.1, -0.05) is 44.0 Å². The first kappa shape index (κ1) is 22.5. The van der Waals surface area contributed by atoms with Crippen molar-refractivity contribution in [2.45, 2.75) is 70.7 Å². The highest BCUT2D eigenvalue weighted by Crippen LogP contribution is 2.29. The second-order valence-corrected chi connectivity index (χ2v) is 16.2. The minimum Gasteiger partial charge on any atom is -0.361 e. The third-order valence-electron chi connectivity index (χ3n) is 5.93. The summed E-state index contributed by atoms with van der Waals surface area (Å²) >= 11 is 1.29. The molecule has 3 aromatic rings. The number of thiazole rings is 1. The highest BCUT2D eigenvalue weighted by atomic mass is 32.1. The Bertz CT molecular complexity index is 1080. The largest absolute Gasteiger partial charge is 0.361 e. The van der Waals surface area contributed by atoms with Crippen LogP contribution in [0.15, 0.2) is 35.3 Å². The molecule has 1 aromatic carbocycles. The van der Waals surface area contributed by atoms with Crippen LogP contribution in [0.25, 0.3) is 10.2 Å². The van der Waals surface area contributed by atoms with Gasteiger partial charge >= 0.3 is 4.87 Å². The fourth-order valence-electron chi connectivity index (χ4n) is 3.86. The fraction of sp³-hybridized carbons (Fsp3) is 0.565. The Kier molecular flexibility index (Phi) is 6.81. The summed E-state index contributed by atoms with van der Waals surface area (Å²) in [6.45, 7) is 11.0. The molecule has 2 aromatic heterocycles. The van der Waals surface area contributed by atoms with Crippen LogP contribution in [0.4, 0.5) is 0 Å². The monoisotopic (exact) mass is 459 g/mol. The van der Waals surface area contributed by atoms with Crippen molar-refractivity contribution in [2.24, 2.45) is 0 Å². The number of rotatable bonds is 8. The standard InChI is InChI=1S/C23H33N3O3SSi/c1-17(19-10-11-26(24-19)22-7-5-6-12-29-22)18-8-9-20-21(15-18)30-23(27)25(20)16-28-13-14-31(2,3)4/h8-11,15,17,22H,5-7,12-14,16H2,1-4H3. The lowest BCUT2D eigenvalue weighted by atomic mass is 9.98. The van der Waals surface area contributed by atoms with E-state index in [9.17, 15) is 4.79 Å². The zero-order valence-electron chi connectivity index (χ0n) is 19.0. The highest BCUT2D eigenvalue weighted by Gasteiger charge is 2.19. The molecule has 0 N–H and O–H groups in total. The summed E-state index contributed by atoms with van der Waals surface area (Å²) in [5, 5.41) is 4.79. The van der Waals surface area contributed by atoms with Gasteiger partial charge in [-0.2, -0.15) is 5.10 Å². The maximum Gasteiger partial charge on any atom is 0.310 e. The number of aromatic nitrogens is 3. The van der Waals surface area contributed by atoms with Crippen LogP contribution < -0.4 is 4.87 Å². The second kappa shape index (κ2) is 9.40. The van der Waals surface area contributed by atoms with Crippen molar-refractivity contribution in [1.29, 1.82) is 0 Å². The molecule has 1 aliphatic heterocycles. The molecular weight excluding hydrogens is 426 g/mol. The van der Waals surface area contributed by atoms with Crippen LogP contribution in [-0.2, 0) is 16.2 Å². The molecule has 0 amide bonds. The van der Waals surface area contributed by atoms with Crippen molar-refractivity contribution >= 4 is 29.6 Å². The number of hydrogen-bond acceptors (Lipinski definition) is 5. The zero-order valence-corrected chi connectivity index (χ0v) is 20.8. The third kappa shape index (κ3) is 5.37. The first-order valence-electron chi connectivity index (χ1n) is 11.2. The van der Waals surface area contributed by atoms with E-state index in [4.69, 9.17) is 14.6 Å². The maximum atomic E-state index is 12.5. The number of benzene rings is 1. The minimum absolute atomic E-state index is 0.0338. The van der Waals surface area contributed by atoms with Crippen LogP contribution in [0.2, 0.25) is 25.7 Å². The summed E-state index contributed by atoms with van der Waals surface area (Å²) in [7, 11) is -1.13. The van der Waals surface area contributed by atoms with E-state index in [1.165, 1.54) is 17.8 Å². The predicted octanol–water partition coefficient (Wildman–Crippen LogP) is 5.42. The molecule has 0 bridgehead atoms. The van der Waals surface area contributed by atoms with Crippen LogP contribution >= 0.6 is 11.3 Å². The summed E-state index contributed by atoms with van der Waals surface area (Å²) < 4.78 is 16.4. The van der Waals surface area contributed by atoms with Gasteiger partial charge in [0.15, 0.2) is 0 Å². The molecule has 4 rings (SSSR count). The molecule has 2 atom stereocenters. The smallest absolute Gasteiger partial charge is 0.310 e. The van der Waals surface area contributed by atoms with E-state index in [-0.39, 0.29) is 17.0 Å². The topological polar surface area (TPSA) is 58.3 Å². The van der Waals surface area contributed by atoms with E-state index < -0.39 is 8.07 Å². The van der Waals surface area contributed by atoms with Gasteiger partial charge in [0.2, 0.25) is 0 Å². The Balaban J connectivity index is 1.48. The number of hydrogen-bond donors (Lipinski definition) is 0. The van der Waals surface area contributed by atoms with Crippen LogP contribution in [0.1, 0.15) is 49.6 Å². The van der Waals surface area contributed by atoms with Crippen molar-refractivity contribution in [3.8, 4) is 0 Å². The molecule has 168 valence electrons. The quantitative estimate of drug-likeness (QED) is 0.333. The van der Waals surface area contributed by atoms with Crippen LogP contribution in [-0.4, -0.2) is 35.6 Å². The van der Waals surface area contributed by atoms with Gasteiger partial charge in [-0.25, -0.2) is 4.68 Å². The van der Waals surface area contributed by atoms with Crippen molar-refractivity contribution < 1.29 is 9.47 Å². The lowest BCUT2D eigenvalue weighted by molar-refractivity contribution is -0.0397. The maximum absolute atomic E-state index is 12.5. The fourth-order valence-corrected chi connectivity index (χ4v) is 5.54. The van der Waals surface area contributed by atoms with Crippen molar-refractivity contribution in [3.05, 3.63) is 51.4 Å². The Hall–Kier alpha value is -1.74. The molecule has 0 radical (unpaired) electrons. The number of ether oxygens (including phenoxy) is 2. The van der Waals surface area contributed by atoms with Crippen molar-refractivity contribution in [1.82, 2.24) is 14.3 Å². The molecule has 3 heterocycles. The summed E-state index contributed by atoms with van der Waals surface area (Å²) in [5.41, 5.74) is 3.13. The van der Waals surface area contributed by atoms with Gasteiger partial charge in [0, 0.05) is 33.4 Å². The first-order chi connectivity index (χ1) is 14.8. The number of fused-ring (bicyclic) bond motifs is 1. The predicted molar refractivity (Wildman–Crippen MR) is 129 cm³/mol. The molecule has 1 aliphatic rings. The van der Waals surface area contributed by atoms with E-state index in [1.807, 2.05) is 16.9 Å². The first-order valence-corrected chi connectivity index (χ1v) is 15.7. The molecule has 0 saturated carbocycles. The Morgan fingerprint density at radius 2 is 2.13 bits per heavy atom. The lowest BCUT2D eigenvalue weighted by Gasteiger charge is -2.22. The molecule has 6 nitrogen and oxygen atoms in total. The summed E-state index contributed by atoms with van der Waals surface area (Å²) in [4.78, 5) is 12.6. The highest BCUT2D eigenvalue weighted by molar-refractivity contribution is 7.16. The minimum atomic E-state index is -1.13. The lowest BCUT2D eigenvalue weighted by Crippen LogP contribution is -2.23. The van der Waals surface area contributed by atoms with Crippen LogP contribution in [0.5, 0.6) is 0 Å². The summed E-state index contributed by atoms with van der Waals surface area (Å²) in [6, 6.07) is 9.45. The van der Waals surface area contributed by atoms with E-state index in [2.05, 4.69) is 44.8 Å². The van der Waals surface area contributed by atoms with Gasteiger partial charge in [0.1, 0.15) is 13.0 Å². The second-order valence-electron chi connectivity index (χ2n) is 9.63. The van der Waals surface area contributed by atoms with E-state index in [0.717, 1.165) is 47.0 Å². The molecule has 1 saturated heterocycles. The summed E-state index contributed by atoms with van der Waals surface area (Å²) in [5.74, 6) is 0.146. The van der Waals surface area contributed by atoms with E-state index >= 15 is 0 Å². The molecule has 0 spiro atoms. The summed E-state index contributed by atoms with van der Waals surface area (Å²) in [6.07, 6.45) is 5.41. The molecule has 1 fully saturated rings. The van der Waals surface area contributed by atoms with Gasteiger partial charge in [-0.15, -0.1) is 0 Å². The average molecular weight is 460 g/mol. The Labute approximate surface area is 188 Å². The van der Waals surface area contributed by atoms with Crippen LogP contribution in [0.3, 0.4) is 0 Å². The van der Waals surface area contributed by atoms with E-state index in [0.29, 0.717) is 13.3 Å². The van der Waals surface area contributed by atoms with Crippen molar-refractivity contribution in [2.75, 3.05) is 13.2 Å². The third-order valence-corrected chi connectivity index (χ3v) is 8.58. The van der Waals surface area contributed by atoms with Gasteiger partial charge in [-0.05, 0) is 49.1 Å². The Morgan fingerprint density at radius 3 is 2.87 bits per heavy atom. The molecule has 2 unspecified atom stereocenters. The average Bonchev–Trinajstić information content (AvgIpc) is 3.35. The van der Waals surface area contributed by atoms with Gasteiger partial charge < -0.3 is 9.47 Å². The zero-order chi connectivity index (χ0) is 22.0. The van der Waals surface area contributed by atoms with Gasteiger partial charge in [0.25, 0.3) is 0 Å². The molecule has 31 heavy (non-hydrogen) atoms. The van der Waals surface area contributed by atoms with E-state index in [1.54, 1.807) is 4.57 Å². The van der Waals surface area contributed by atoms with Crippen LogP contribution in [0, 0.1) is 0 Å². The van der Waals surface area contributed by atoms with Gasteiger partial charge in [-0.3, -0.25) is 9.36 Å². The molecular formula is C23H33N3O3SSi. The van der Waals surface area contributed by atoms with Gasteiger partial charge in [0.05, 0.1) is 15.9 Å². The molecule has 8 heteroatoms. The normalized spacial score (nSPS) is 18.5. The SMILES string of the molecule is CC(c1ccc2c(c1)sc(=O)n2COCC[Si](C)(C)C)c1ccn(C2CCCCO2)n1. The number of nitrogens with zero attached hydrogens (tertiary/aromatic N) is 3. The van der Waals surface area contributed by atoms with Crippen molar-refractivity contribution in [3.63, 3.8) is 0 Å². The molecule has 0 aliphatic carbocycles. The Morgan fingerprint density at radius 1 is 1.29 bits per heavy atom.